The first-order chi connectivity index (χ1) is 14.8. The molecular weight excluding hydrogens is 456 g/mol. The first kappa shape index (κ1) is 22.2. The third kappa shape index (κ3) is 4.92. The average molecular weight is 479 g/mol. The van der Waals surface area contributed by atoms with Crippen molar-refractivity contribution in [3.63, 3.8) is 0 Å². The van der Waals surface area contributed by atoms with E-state index in [1.807, 2.05) is 19.1 Å². The second-order valence-corrected chi connectivity index (χ2v) is 11.1. The number of thiazole rings is 1. The molecular formula is C22H23ClN2O4S2. The second-order valence-electron chi connectivity index (χ2n) is 7.56. The lowest BCUT2D eigenvalue weighted by Crippen LogP contribution is -2.38. The summed E-state index contributed by atoms with van der Waals surface area (Å²) >= 11 is 7.69. The molecule has 0 spiro atoms. The summed E-state index contributed by atoms with van der Waals surface area (Å²) in [4.78, 5) is 19.7. The number of nitrogens with zero attached hydrogens (tertiary/aromatic N) is 2. The number of ether oxygens (including phenoxy) is 1. The molecule has 0 radical (unpaired) electrons. The van der Waals surface area contributed by atoms with Gasteiger partial charge in [0.25, 0.3) is 0 Å². The van der Waals surface area contributed by atoms with Crippen LogP contribution in [0.3, 0.4) is 0 Å². The number of anilines is 1. The second kappa shape index (κ2) is 9.24. The fourth-order valence-corrected chi connectivity index (χ4v) is 6.18. The smallest absolute Gasteiger partial charge is 0.229 e. The number of hydrogen-bond acceptors (Lipinski definition) is 6. The van der Waals surface area contributed by atoms with E-state index in [0.717, 1.165) is 28.6 Å². The molecule has 1 atom stereocenters. The highest BCUT2D eigenvalue weighted by Crippen LogP contribution is 2.36. The van der Waals surface area contributed by atoms with Crippen LogP contribution in [0.25, 0.3) is 10.2 Å². The lowest BCUT2D eigenvalue weighted by atomic mass is 10.2. The highest BCUT2D eigenvalue weighted by atomic mass is 35.5. The number of amides is 1. The van der Waals surface area contributed by atoms with Crippen molar-refractivity contribution in [2.24, 2.45) is 0 Å². The summed E-state index contributed by atoms with van der Waals surface area (Å²) in [6.07, 6.45) is 1.58. The molecule has 0 bridgehead atoms. The van der Waals surface area contributed by atoms with Crippen LogP contribution in [0.5, 0.6) is 0 Å². The Morgan fingerprint density at radius 1 is 1.26 bits per heavy atom. The van der Waals surface area contributed by atoms with Gasteiger partial charge in [-0.3, -0.25) is 9.69 Å². The van der Waals surface area contributed by atoms with Gasteiger partial charge in [0.05, 0.1) is 38.5 Å². The van der Waals surface area contributed by atoms with Gasteiger partial charge in [0.2, 0.25) is 5.91 Å². The SMILES string of the molecule is Cc1ccc(Cl)c2sc(N(CC3CCCO3)C(=O)CCS(=O)(=O)c3ccccc3)nc12. The van der Waals surface area contributed by atoms with Crippen LogP contribution >= 0.6 is 22.9 Å². The van der Waals surface area contributed by atoms with Crippen molar-refractivity contribution < 1.29 is 17.9 Å². The standard InChI is InChI=1S/C22H23ClN2O4S2/c1-15-9-10-18(23)21-20(15)24-22(30-21)25(14-16-6-5-12-29-16)19(26)11-13-31(27,28)17-7-3-2-4-8-17/h2-4,7-10,16H,5-6,11-14H2,1H3. The van der Waals surface area contributed by atoms with Crippen LogP contribution in [0.2, 0.25) is 5.02 Å². The molecule has 0 saturated carbocycles. The van der Waals surface area contributed by atoms with E-state index in [1.165, 1.54) is 11.3 Å². The van der Waals surface area contributed by atoms with Crippen molar-refractivity contribution in [2.75, 3.05) is 23.8 Å². The molecule has 1 saturated heterocycles. The zero-order valence-electron chi connectivity index (χ0n) is 17.1. The van der Waals surface area contributed by atoms with Crippen LogP contribution in [0.15, 0.2) is 47.4 Å². The number of hydrogen-bond donors (Lipinski definition) is 0. The highest BCUT2D eigenvalue weighted by molar-refractivity contribution is 7.91. The number of halogens is 1. The third-order valence-electron chi connectivity index (χ3n) is 5.32. The van der Waals surface area contributed by atoms with Gasteiger partial charge in [0.15, 0.2) is 15.0 Å². The Morgan fingerprint density at radius 3 is 2.71 bits per heavy atom. The Hall–Kier alpha value is -2.00. The first-order valence-corrected chi connectivity index (χ1v) is 13.0. The molecule has 6 nitrogen and oxygen atoms in total. The predicted molar refractivity (Wildman–Crippen MR) is 124 cm³/mol. The van der Waals surface area contributed by atoms with Gasteiger partial charge in [-0.1, -0.05) is 47.2 Å². The number of aryl methyl sites for hydroxylation is 1. The Kier molecular flexibility index (Phi) is 6.62. The largest absolute Gasteiger partial charge is 0.376 e. The number of benzene rings is 2. The summed E-state index contributed by atoms with van der Waals surface area (Å²) < 4.78 is 31.8. The van der Waals surface area contributed by atoms with Crippen molar-refractivity contribution in [3.8, 4) is 0 Å². The minimum Gasteiger partial charge on any atom is -0.376 e. The van der Waals surface area contributed by atoms with Gasteiger partial charge in [-0.05, 0) is 43.5 Å². The predicted octanol–water partition coefficient (Wildman–Crippen LogP) is 4.63. The summed E-state index contributed by atoms with van der Waals surface area (Å²) in [5.74, 6) is -0.550. The summed E-state index contributed by atoms with van der Waals surface area (Å²) in [5, 5.41) is 1.10. The Balaban J connectivity index is 1.60. The summed E-state index contributed by atoms with van der Waals surface area (Å²) in [7, 11) is -3.55. The quantitative estimate of drug-likeness (QED) is 0.494. The minimum atomic E-state index is -3.55. The highest BCUT2D eigenvalue weighted by Gasteiger charge is 2.28. The lowest BCUT2D eigenvalue weighted by Gasteiger charge is -2.23. The van der Waals surface area contributed by atoms with E-state index in [9.17, 15) is 13.2 Å². The zero-order chi connectivity index (χ0) is 22.0. The molecule has 0 N–H and O–H groups in total. The minimum absolute atomic E-state index is 0.0849. The molecule has 1 aromatic heterocycles. The normalized spacial score (nSPS) is 16.6. The Bertz CT molecular complexity index is 1150. The molecule has 0 aliphatic carbocycles. The number of aromatic nitrogens is 1. The van der Waals surface area contributed by atoms with Gasteiger partial charge in [-0.2, -0.15) is 0 Å². The van der Waals surface area contributed by atoms with E-state index in [-0.39, 0.29) is 29.1 Å². The molecule has 4 rings (SSSR count). The average Bonchev–Trinajstić information content (AvgIpc) is 3.44. The first-order valence-electron chi connectivity index (χ1n) is 10.1. The Morgan fingerprint density at radius 2 is 2.03 bits per heavy atom. The number of carbonyl (C=O) groups excluding carboxylic acids is 1. The third-order valence-corrected chi connectivity index (χ3v) is 8.59. The van der Waals surface area contributed by atoms with Gasteiger partial charge in [0.1, 0.15) is 0 Å². The lowest BCUT2D eigenvalue weighted by molar-refractivity contribution is -0.118. The van der Waals surface area contributed by atoms with Gasteiger partial charge in [-0.25, -0.2) is 13.4 Å². The molecule has 2 aromatic carbocycles. The zero-order valence-corrected chi connectivity index (χ0v) is 19.5. The van der Waals surface area contributed by atoms with Crippen molar-refractivity contribution in [3.05, 3.63) is 53.1 Å². The maximum absolute atomic E-state index is 13.2. The van der Waals surface area contributed by atoms with Crippen LogP contribution in [0, 0.1) is 6.92 Å². The molecule has 1 aliphatic heterocycles. The van der Waals surface area contributed by atoms with E-state index >= 15 is 0 Å². The Labute approximate surface area is 190 Å². The van der Waals surface area contributed by atoms with Gasteiger partial charge in [-0.15, -0.1) is 0 Å². The van der Waals surface area contributed by atoms with Crippen molar-refractivity contribution in [2.45, 2.75) is 37.2 Å². The molecule has 1 unspecified atom stereocenters. The van der Waals surface area contributed by atoms with E-state index in [4.69, 9.17) is 16.3 Å². The number of carbonyl (C=O) groups is 1. The van der Waals surface area contributed by atoms with Crippen molar-refractivity contribution in [1.82, 2.24) is 4.98 Å². The van der Waals surface area contributed by atoms with Crippen LogP contribution in [-0.2, 0) is 19.4 Å². The van der Waals surface area contributed by atoms with Crippen LogP contribution in [0.1, 0.15) is 24.8 Å². The summed E-state index contributed by atoms with van der Waals surface area (Å²) in [5.41, 5.74) is 1.73. The van der Waals surface area contributed by atoms with Crippen LogP contribution in [0.4, 0.5) is 5.13 Å². The van der Waals surface area contributed by atoms with Crippen LogP contribution < -0.4 is 4.90 Å². The van der Waals surface area contributed by atoms with Gasteiger partial charge >= 0.3 is 0 Å². The maximum atomic E-state index is 13.2. The maximum Gasteiger partial charge on any atom is 0.229 e. The van der Waals surface area contributed by atoms with Gasteiger partial charge < -0.3 is 4.74 Å². The molecule has 1 amide bonds. The molecule has 164 valence electrons. The molecule has 3 aromatic rings. The molecule has 31 heavy (non-hydrogen) atoms. The summed E-state index contributed by atoms with van der Waals surface area (Å²) in [6.45, 7) is 2.96. The molecule has 2 heterocycles. The van der Waals surface area contributed by atoms with Crippen LogP contribution in [-0.4, -0.2) is 44.3 Å². The molecule has 1 fully saturated rings. The fraction of sp³-hybridized carbons (Fsp3) is 0.364. The van der Waals surface area contributed by atoms with Gasteiger partial charge in [0, 0.05) is 13.0 Å². The van der Waals surface area contributed by atoms with Crippen molar-refractivity contribution in [1.29, 1.82) is 0 Å². The van der Waals surface area contributed by atoms with E-state index < -0.39 is 9.84 Å². The number of fused-ring (bicyclic) bond motifs is 1. The van der Waals surface area contributed by atoms with E-state index in [0.29, 0.717) is 23.3 Å². The van der Waals surface area contributed by atoms with Crippen molar-refractivity contribution >= 4 is 54.0 Å². The summed E-state index contributed by atoms with van der Waals surface area (Å²) in [6, 6.07) is 11.9. The monoisotopic (exact) mass is 478 g/mol. The number of rotatable bonds is 7. The van der Waals surface area contributed by atoms with E-state index in [2.05, 4.69) is 4.98 Å². The molecule has 9 heteroatoms. The molecule has 1 aliphatic rings. The topological polar surface area (TPSA) is 76.6 Å². The van der Waals surface area contributed by atoms with E-state index in [1.54, 1.807) is 35.2 Å². The number of sulfone groups is 1. The fourth-order valence-electron chi connectivity index (χ4n) is 3.59.